The van der Waals surface area contributed by atoms with Gasteiger partial charge in [0.2, 0.25) is 0 Å². The molecular formula is C11H16IN3O2. The lowest BCUT2D eigenvalue weighted by Crippen LogP contribution is -2.23. The highest BCUT2D eigenvalue weighted by atomic mass is 127. The molecule has 6 heteroatoms. The lowest BCUT2D eigenvalue weighted by molar-refractivity contribution is -0.384. The third-order valence-electron chi connectivity index (χ3n) is 2.47. The zero-order valence-corrected chi connectivity index (χ0v) is 12.1. The van der Waals surface area contributed by atoms with Crippen LogP contribution in [0.4, 0.5) is 11.4 Å². The van der Waals surface area contributed by atoms with E-state index in [2.05, 4.69) is 27.9 Å². The second kappa shape index (κ2) is 6.75. The fourth-order valence-corrected chi connectivity index (χ4v) is 2.05. The Balaban J connectivity index is 2.84. The Kier molecular flexibility index (Phi) is 5.63. The van der Waals surface area contributed by atoms with E-state index >= 15 is 0 Å². The molecule has 17 heavy (non-hydrogen) atoms. The normalized spacial score (nSPS) is 10.3. The molecule has 0 saturated carbocycles. The zero-order chi connectivity index (χ0) is 12.8. The van der Waals surface area contributed by atoms with E-state index in [1.807, 2.05) is 25.1 Å². The largest absolute Gasteiger partial charge is 0.369 e. The molecule has 1 rings (SSSR count). The summed E-state index contributed by atoms with van der Waals surface area (Å²) in [6.07, 6.45) is 0.955. The standard InChI is InChI=1S/C11H16IN3O2/c1-13-6-3-7-14(2)10-5-4-9(12)8-11(10)15(16)17/h4-5,8,13H,3,6-7H2,1-2H3. The van der Waals surface area contributed by atoms with Crippen molar-refractivity contribution in [2.45, 2.75) is 6.42 Å². The molecule has 0 aliphatic heterocycles. The Hall–Kier alpha value is -0.890. The van der Waals surface area contributed by atoms with Gasteiger partial charge in [0.05, 0.1) is 4.92 Å². The van der Waals surface area contributed by atoms with Crippen molar-refractivity contribution in [3.63, 3.8) is 0 Å². The van der Waals surface area contributed by atoms with Crippen molar-refractivity contribution in [3.8, 4) is 0 Å². The highest BCUT2D eigenvalue weighted by Crippen LogP contribution is 2.28. The monoisotopic (exact) mass is 349 g/mol. The van der Waals surface area contributed by atoms with Gasteiger partial charge in [0.15, 0.2) is 0 Å². The maximum atomic E-state index is 11.0. The smallest absolute Gasteiger partial charge is 0.293 e. The number of hydrogen-bond acceptors (Lipinski definition) is 4. The van der Waals surface area contributed by atoms with Gasteiger partial charge < -0.3 is 10.2 Å². The molecule has 5 nitrogen and oxygen atoms in total. The molecular weight excluding hydrogens is 333 g/mol. The van der Waals surface area contributed by atoms with Crippen LogP contribution in [0, 0.1) is 13.7 Å². The van der Waals surface area contributed by atoms with Crippen LogP contribution in [0.15, 0.2) is 18.2 Å². The number of anilines is 1. The average molecular weight is 349 g/mol. The van der Waals surface area contributed by atoms with Gasteiger partial charge in [-0.2, -0.15) is 0 Å². The fourth-order valence-electron chi connectivity index (χ4n) is 1.58. The number of rotatable bonds is 6. The molecule has 0 aliphatic rings. The first-order valence-corrected chi connectivity index (χ1v) is 6.44. The van der Waals surface area contributed by atoms with Crippen LogP contribution in [-0.2, 0) is 0 Å². The summed E-state index contributed by atoms with van der Waals surface area (Å²) in [4.78, 5) is 12.6. The molecule has 0 aromatic heterocycles. The van der Waals surface area contributed by atoms with E-state index in [1.54, 1.807) is 12.1 Å². The third kappa shape index (κ3) is 4.12. The lowest BCUT2D eigenvalue weighted by atomic mass is 10.2. The number of benzene rings is 1. The number of halogens is 1. The zero-order valence-electron chi connectivity index (χ0n) is 9.94. The topological polar surface area (TPSA) is 58.4 Å². The molecule has 0 radical (unpaired) electrons. The quantitative estimate of drug-likeness (QED) is 0.370. The minimum atomic E-state index is -0.327. The van der Waals surface area contributed by atoms with Crippen molar-refractivity contribution in [2.75, 3.05) is 32.1 Å². The van der Waals surface area contributed by atoms with E-state index in [0.717, 1.165) is 23.1 Å². The first kappa shape index (κ1) is 14.2. The molecule has 0 spiro atoms. The van der Waals surface area contributed by atoms with Crippen molar-refractivity contribution >= 4 is 34.0 Å². The van der Waals surface area contributed by atoms with Gasteiger partial charge in [-0.05, 0) is 54.7 Å². The van der Waals surface area contributed by atoms with Crippen molar-refractivity contribution in [1.29, 1.82) is 0 Å². The summed E-state index contributed by atoms with van der Waals surface area (Å²) >= 11 is 2.08. The van der Waals surface area contributed by atoms with Crippen molar-refractivity contribution in [1.82, 2.24) is 5.32 Å². The summed E-state index contributed by atoms with van der Waals surface area (Å²) in [5, 5.41) is 14.0. The maximum absolute atomic E-state index is 11.0. The van der Waals surface area contributed by atoms with Crippen LogP contribution in [0.25, 0.3) is 0 Å². The average Bonchev–Trinajstić information content (AvgIpc) is 2.29. The molecule has 1 N–H and O–H groups in total. The molecule has 0 bridgehead atoms. The number of nitrogens with zero attached hydrogens (tertiary/aromatic N) is 2. The third-order valence-corrected chi connectivity index (χ3v) is 3.14. The SMILES string of the molecule is CNCCCN(C)c1ccc(I)cc1[N+](=O)[O-]. The lowest BCUT2D eigenvalue weighted by Gasteiger charge is -2.19. The van der Waals surface area contributed by atoms with Crippen LogP contribution in [0.1, 0.15) is 6.42 Å². The summed E-state index contributed by atoms with van der Waals surface area (Å²) in [5.41, 5.74) is 0.843. The van der Waals surface area contributed by atoms with E-state index in [-0.39, 0.29) is 10.6 Å². The van der Waals surface area contributed by atoms with Gasteiger partial charge in [-0.1, -0.05) is 0 Å². The van der Waals surface area contributed by atoms with E-state index in [1.165, 1.54) is 0 Å². The molecule has 0 heterocycles. The van der Waals surface area contributed by atoms with E-state index < -0.39 is 0 Å². The Labute approximate surface area is 114 Å². The van der Waals surface area contributed by atoms with Gasteiger partial charge >= 0.3 is 0 Å². The minimum absolute atomic E-state index is 0.170. The Morgan fingerprint density at radius 2 is 2.24 bits per heavy atom. The first-order valence-electron chi connectivity index (χ1n) is 5.36. The summed E-state index contributed by atoms with van der Waals surface area (Å²) in [7, 11) is 3.78. The number of hydrogen-bond donors (Lipinski definition) is 1. The van der Waals surface area contributed by atoms with Crippen LogP contribution in [-0.4, -0.2) is 32.1 Å². The minimum Gasteiger partial charge on any atom is -0.369 e. The Bertz CT molecular complexity index is 398. The van der Waals surface area contributed by atoms with Gasteiger partial charge in [-0.15, -0.1) is 0 Å². The van der Waals surface area contributed by atoms with Gasteiger partial charge in [0, 0.05) is 23.2 Å². The Morgan fingerprint density at radius 1 is 1.53 bits per heavy atom. The molecule has 1 aromatic carbocycles. The van der Waals surface area contributed by atoms with Crippen LogP contribution >= 0.6 is 22.6 Å². The van der Waals surface area contributed by atoms with E-state index in [9.17, 15) is 10.1 Å². The Morgan fingerprint density at radius 3 is 2.82 bits per heavy atom. The predicted octanol–water partition coefficient (Wildman–Crippen LogP) is 2.25. The van der Waals surface area contributed by atoms with Crippen molar-refractivity contribution in [3.05, 3.63) is 31.9 Å². The van der Waals surface area contributed by atoms with Crippen molar-refractivity contribution in [2.24, 2.45) is 0 Å². The van der Waals surface area contributed by atoms with Crippen molar-refractivity contribution < 1.29 is 4.92 Å². The molecule has 1 aromatic rings. The molecule has 0 unspecified atom stereocenters. The van der Waals surface area contributed by atoms with Crippen LogP contribution in [0.2, 0.25) is 0 Å². The summed E-state index contributed by atoms with van der Waals surface area (Å²) in [6.45, 7) is 1.70. The van der Waals surface area contributed by atoms with Gasteiger partial charge in [0.1, 0.15) is 5.69 Å². The summed E-state index contributed by atoms with van der Waals surface area (Å²) in [6, 6.07) is 5.29. The number of nitro benzene ring substituents is 1. The predicted molar refractivity (Wildman–Crippen MR) is 77.6 cm³/mol. The first-order chi connectivity index (χ1) is 8.06. The highest BCUT2D eigenvalue weighted by molar-refractivity contribution is 14.1. The maximum Gasteiger partial charge on any atom is 0.293 e. The second-order valence-electron chi connectivity index (χ2n) is 3.77. The van der Waals surface area contributed by atoms with Crippen LogP contribution < -0.4 is 10.2 Å². The number of nitrogens with one attached hydrogen (secondary N) is 1. The van der Waals surface area contributed by atoms with Gasteiger partial charge in [-0.25, -0.2) is 0 Å². The molecule has 0 saturated heterocycles. The van der Waals surface area contributed by atoms with E-state index in [0.29, 0.717) is 5.69 Å². The summed E-state index contributed by atoms with van der Waals surface area (Å²) in [5.74, 6) is 0. The molecule has 0 fully saturated rings. The molecule has 0 aliphatic carbocycles. The molecule has 94 valence electrons. The highest BCUT2D eigenvalue weighted by Gasteiger charge is 2.16. The molecule has 0 amide bonds. The fraction of sp³-hybridized carbons (Fsp3) is 0.455. The number of nitro groups is 1. The summed E-state index contributed by atoms with van der Waals surface area (Å²) < 4.78 is 0.877. The van der Waals surface area contributed by atoms with E-state index in [4.69, 9.17) is 0 Å². The molecule has 0 atom stereocenters. The second-order valence-corrected chi connectivity index (χ2v) is 5.01. The van der Waals surface area contributed by atoms with Gasteiger partial charge in [0.25, 0.3) is 5.69 Å². The van der Waals surface area contributed by atoms with Crippen LogP contribution in [0.3, 0.4) is 0 Å². The van der Waals surface area contributed by atoms with Gasteiger partial charge in [-0.3, -0.25) is 10.1 Å². The van der Waals surface area contributed by atoms with Crippen LogP contribution in [0.5, 0.6) is 0 Å².